The summed E-state index contributed by atoms with van der Waals surface area (Å²) in [4.78, 5) is 10.2. The van der Waals surface area contributed by atoms with Crippen molar-refractivity contribution in [3.8, 4) is 0 Å². The standard InChI is InChI=1S/C22H31FO2/c23-21-19-17-15-13-11-9-7-5-3-1-2-4-6-8-10-12-14-16-18-20-22(24)25/h1-4,6,8,10,12,14,16,18,20H,5,7,9,11,13,15,17,19,21H2,(H,24,25)/i23-1. The molecule has 0 saturated heterocycles. The molecule has 0 aromatic heterocycles. The Labute approximate surface area is 151 Å². The Hall–Kier alpha value is -2.16. The van der Waals surface area contributed by atoms with Gasteiger partial charge in [-0.05, 0) is 19.3 Å². The van der Waals surface area contributed by atoms with Gasteiger partial charge >= 0.3 is 5.97 Å². The predicted octanol–water partition coefficient (Wildman–Crippen LogP) is 6.50. The molecule has 0 aromatic rings. The third-order valence-electron chi connectivity index (χ3n) is 3.38. The third-order valence-corrected chi connectivity index (χ3v) is 3.38. The number of unbranched alkanes of at least 4 members (excludes halogenated alkanes) is 7. The average Bonchev–Trinajstić information content (AvgIpc) is 2.60. The van der Waals surface area contributed by atoms with E-state index in [1.165, 1.54) is 31.8 Å². The van der Waals surface area contributed by atoms with Crippen molar-refractivity contribution in [3.05, 3.63) is 72.9 Å². The van der Waals surface area contributed by atoms with Crippen LogP contribution in [0, 0.1) is 0 Å². The Kier molecular flexibility index (Phi) is 18.2. The maximum absolute atomic E-state index is 11.9. The Morgan fingerprint density at radius 3 is 1.60 bits per heavy atom. The molecule has 0 aliphatic rings. The second-order valence-electron chi connectivity index (χ2n) is 5.62. The van der Waals surface area contributed by atoms with E-state index in [9.17, 15) is 9.18 Å². The first-order chi connectivity index (χ1) is 12.3. The summed E-state index contributed by atoms with van der Waals surface area (Å²) < 4.78 is 11.9. The van der Waals surface area contributed by atoms with E-state index in [0.717, 1.165) is 31.8 Å². The lowest BCUT2D eigenvalue weighted by atomic mass is 10.1. The number of carboxylic acid groups (broad SMARTS) is 1. The van der Waals surface area contributed by atoms with Gasteiger partial charge in [-0.1, -0.05) is 98.9 Å². The van der Waals surface area contributed by atoms with E-state index in [2.05, 4.69) is 12.2 Å². The average molecular weight is 345 g/mol. The summed E-state index contributed by atoms with van der Waals surface area (Å²) in [6.07, 6.45) is 30.8. The molecule has 0 bridgehead atoms. The highest BCUT2D eigenvalue weighted by Crippen LogP contribution is 2.08. The fourth-order valence-electron chi connectivity index (χ4n) is 2.07. The monoisotopic (exact) mass is 345 g/mol. The molecule has 3 heteroatoms. The van der Waals surface area contributed by atoms with Crippen molar-refractivity contribution in [1.29, 1.82) is 0 Å². The van der Waals surface area contributed by atoms with Crippen molar-refractivity contribution in [3.63, 3.8) is 0 Å². The second kappa shape index (κ2) is 19.9. The van der Waals surface area contributed by atoms with E-state index in [4.69, 9.17) is 5.11 Å². The summed E-state index contributed by atoms with van der Waals surface area (Å²) in [5.41, 5.74) is 0. The second-order valence-corrected chi connectivity index (χ2v) is 5.62. The lowest BCUT2D eigenvalue weighted by Gasteiger charge is -1.99. The summed E-state index contributed by atoms with van der Waals surface area (Å²) in [6, 6.07) is 0. The zero-order valence-electron chi connectivity index (χ0n) is 15.0. The van der Waals surface area contributed by atoms with Gasteiger partial charge in [0.25, 0.3) is 0 Å². The largest absolute Gasteiger partial charge is 0.478 e. The van der Waals surface area contributed by atoms with Crippen molar-refractivity contribution in [2.45, 2.75) is 51.4 Å². The molecule has 0 aliphatic carbocycles. The molecule has 0 saturated carbocycles. The summed E-state index contributed by atoms with van der Waals surface area (Å²) in [5, 5.41) is 8.39. The van der Waals surface area contributed by atoms with Gasteiger partial charge in [-0.3, -0.25) is 4.39 Å². The lowest BCUT2D eigenvalue weighted by Crippen LogP contribution is -1.84. The van der Waals surface area contributed by atoms with Crippen molar-refractivity contribution in [1.82, 2.24) is 0 Å². The number of halogens is 1. The van der Waals surface area contributed by atoms with Crippen LogP contribution < -0.4 is 0 Å². The SMILES string of the molecule is O=C(O)C=CC=CC=CC=CC=CC=CCCCCCCCCC[18F]. The molecule has 2 nitrogen and oxygen atoms in total. The molecule has 0 unspecified atom stereocenters. The number of aliphatic carboxylic acids is 1. The summed E-state index contributed by atoms with van der Waals surface area (Å²) in [7, 11) is 0. The third kappa shape index (κ3) is 21.8. The molecule has 0 heterocycles. The summed E-state index contributed by atoms with van der Waals surface area (Å²) in [5.74, 6) is -0.947. The first-order valence-electron chi connectivity index (χ1n) is 9.06. The minimum absolute atomic E-state index is 0.174. The maximum atomic E-state index is 11.9. The Morgan fingerprint density at radius 2 is 1.08 bits per heavy atom. The van der Waals surface area contributed by atoms with Crippen LogP contribution in [-0.4, -0.2) is 17.8 Å². The van der Waals surface area contributed by atoms with Gasteiger partial charge < -0.3 is 5.11 Å². The number of carboxylic acids is 1. The van der Waals surface area contributed by atoms with Crippen LogP contribution in [0.1, 0.15) is 51.4 Å². The van der Waals surface area contributed by atoms with Crippen molar-refractivity contribution < 1.29 is 14.3 Å². The minimum Gasteiger partial charge on any atom is -0.478 e. The first kappa shape index (κ1) is 22.8. The molecule has 1 N–H and O–H groups in total. The number of hydrogen-bond acceptors (Lipinski definition) is 1. The quantitative estimate of drug-likeness (QED) is 0.209. The van der Waals surface area contributed by atoms with E-state index < -0.39 is 5.97 Å². The van der Waals surface area contributed by atoms with Gasteiger partial charge in [0.15, 0.2) is 0 Å². The predicted molar refractivity (Wildman–Crippen MR) is 105 cm³/mol. The van der Waals surface area contributed by atoms with Crippen LogP contribution in [-0.2, 0) is 4.79 Å². The maximum Gasteiger partial charge on any atom is 0.328 e. The van der Waals surface area contributed by atoms with Gasteiger partial charge in [0, 0.05) is 6.08 Å². The van der Waals surface area contributed by atoms with E-state index in [-0.39, 0.29) is 6.67 Å². The van der Waals surface area contributed by atoms with E-state index in [1.54, 1.807) is 12.2 Å². The van der Waals surface area contributed by atoms with Crippen LogP contribution in [0.5, 0.6) is 0 Å². The first-order valence-corrected chi connectivity index (χ1v) is 9.06. The lowest BCUT2D eigenvalue weighted by molar-refractivity contribution is -0.131. The normalized spacial score (nSPS) is 13.0. The van der Waals surface area contributed by atoms with Crippen molar-refractivity contribution in [2.75, 3.05) is 6.67 Å². The van der Waals surface area contributed by atoms with Gasteiger partial charge in [-0.25, -0.2) is 4.79 Å². The smallest absolute Gasteiger partial charge is 0.328 e. The fraction of sp³-hybridized carbons (Fsp3) is 0.409. The summed E-state index contributed by atoms with van der Waals surface area (Å²) >= 11 is 0. The van der Waals surface area contributed by atoms with E-state index in [0.29, 0.717) is 0 Å². The van der Waals surface area contributed by atoms with Crippen LogP contribution in [0.25, 0.3) is 0 Å². The van der Waals surface area contributed by atoms with Crippen LogP contribution in [0.3, 0.4) is 0 Å². The zero-order valence-corrected chi connectivity index (χ0v) is 15.0. The molecule has 0 rings (SSSR count). The molecular formula is C22H31FO2. The van der Waals surface area contributed by atoms with E-state index in [1.807, 2.05) is 36.5 Å². The van der Waals surface area contributed by atoms with Crippen LogP contribution in [0.4, 0.5) is 4.39 Å². The highest BCUT2D eigenvalue weighted by molar-refractivity contribution is 5.80. The summed E-state index contributed by atoms with van der Waals surface area (Å²) in [6.45, 7) is -0.174. The molecular weight excluding hydrogens is 314 g/mol. The number of alkyl halides is 1. The van der Waals surface area contributed by atoms with Gasteiger partial charge in [-0.15, -0.1) is 0 Å². The van der Waals surface area contributed by atoms with Gasteiger partial charge in [0.1, 0.15) is 0 Å². The van der Waals surface area contributed by atoms with Crippen LogP contribution in [0.2, 0.25) is 0 Å². The van der Waals surface area contributed by atoms with Crippen LogP contribution >= 0.6 is 0 Å². The zero-order chi connectivity index (χ0) is 18.4. The Balaban J connectivity index is 3.54. The molecule has 138 valence electrons. The molecule has 0 radical (unpaired) electrons. The Bertz CT molecular complexity index is 482. The molecule has 0 spiro atoms. The molecule has 25 heavy (non-hydrogen) atoms. The highest BCUT2D eigenvalue weighted by atomic mass is 18.2. The molecule has 0 amide bonds. The number of rotatable bonds is 15. The van der Waals surface area contributed by atoms with Gasteiger partial charge in [0.05, 0.1) is 6.67 Å². The number of hydrogen-bond donors (Lipinski definition) is 1. The van der Waals surface area contributed by atoms with Gasteiger partial charge in [0.2, 0.25) is 0 Å². The van der Waals surface area contributed by atoms with Crippen LogP contribution in [0.15, 0.2) is 72.9 Å². The number of allylic oxidation sites excluding steroid dienone is 11. The molecule has 0 aromatic carbocycles. The number of carbonyl (C=O) groups is 1. The van der Waals surface area contributed by atoms with Crippen molar-refractivity contribution in [2.24, 2.45) is 0 Å². The van der Waals surface area contributed by atoms with E-state index >= 15 is 0 Å². The molecule has 0 fully saturated rings. The Morgan fingerprint density at radius 1 is 0.640 bits per heavy atom. The molecule has 0 aliphatic heterocycles. The highest BCUT2D eigenvalue weighted by Gasteiger charge is 1.90. The fourth-order valence-corrected chi connectivity index (χ4v) is 2.07. The van der Waals surface area contributed by atoms with Crippen molar-refractivity contribution >= 4 is 5.97 Å². The van der Waals surface area contributed by atoms with Gasteiger partial charge in [-0.2, -0.15) is 0 Å². The molecule has 0 atom stereocenters. The minimum atomic E-state index is -0.947. The topological polar surface area (TPSA) is 37.3 Å².